The van der Waals surface area contributed by atoms with Crippen LogP contribution in [0.5, 0.6) is 0 Å². The highest BCUT2D eigenvalue weighted by Gasteiger charge is 2.16. The summed E-state index contributed by atoms with van der Waals surface area (Å²) in [5.74, 6) is 1.90. The van der Waals surface area contributed by atoms with Gasteiger partial charge in [0.1, 0.15) is 11.2 Å². The number of nitrogens with zero attached hydrogens (tertiary/aromatic N) is 3. The molecule has 0 spiro atoms. The van der Waals surface area contributed by atoms with E-state index in [1.54, 1.807) is 0 Å². The Morgan fingerprint density at radius 1 is 0.246 bits per heavy atom. The molecule has 10 aromatic carbocycles. The van der Waals surface area contributed by atoms with E-state index in [1.807, 2.05) is 0 Å². The maximum atomic E-state index is 6.29. The molecule has 61 heavy (non-hydrogen) atoms. The molecule has 0 bridgehead atoms. The van der Waals surface area contributed by atoms with E-state index in [9.17, 15) is 0 Å². The van der Waals surface area contributed by atoms with Gasteiger partial charge < -0.3 is 4.42 Å². The zero-order valence-electron chi connectivity index (χ0n) is 33.0. The third-order valence-electron chi connectivity index (χ3n) is 11.9. The Kier molecular flexibility index (Phi) is 8.13. The predicted molar refractivity (Wildman–Crippen MR) is 252 cm³/mol. The third-order valence-corrected chi connectivity index (χ3v) is 11.9. The van der Waals surface area contributed by atoms with E-state index in [2.05, 4.69) is 212 Å². The average Bonchev–Trinajstić information content (AvgIpc) is 3.69. The van der Waals surface area contributed by atoms with Gasteiger partial charge in [-0.25, -0.2) is 15.0 Å². The fraction of sp³-hybridized carbons (Fsp3) is 0. The molecular weight excluding hydrogens is 743 g/mol. The van der Waals surface area contributed by atoms with E-state index in [4.69, 9.17) is 19.4 Å². The van der Waals surface area contributed by atoms with Crippen LogP contribution in [0.25, 0.3) is 122 Å². The fourth-order valence-corrected chi connectivity index (χ4v) is 8.72. The van der Waals surface area contributed by atoms with Crippen LogP contribution in [-0.4, -0.2) is 15.0 Å². The van der Waals surface area contributed by atoms with Crippen molar-refractivity contribution in [3.05, 3.63) is 212 Å². The van der Waals surface area contributed by atoms with Crippen molar-refractivity contribution in [2.24, 2.45) is 0 Å². The second-order valence-corrected chi connectivity index (χ2v) is 15.6. The van der Waals surface area contributed by atoms with Gasteiger partial charge in [0.15, 0.2) is 17.5 Å². The van der Waals surface area contributed by atoms with Gasteiger partial charge in [-0.1, -0.05) is 170 Å². The number of hydrogen-bond donors (Lipinski definition) is 0. The predicted octanol–water partition coefficient (Wildman–Crippen LogP) is 15.2. The summed E-state index contributed by atoms with van der Waals surface area (Å²) in [4.78, 5) is 15.4. The van der Waals surface area contributed by atoms with Crippen molar-refractivity contribution in [1.29, 1.82) is 0 Å². The third kappa shape index (κ3) is 6.30. The van der Waals surface area contributed by atoms with E-state index < -0.39 is 0 Å². The van der Waals surface area contributed by atoms with Crippen LogP contribution in [0.3, 0.4) is 0 Å². The lowest BCUT2D eigenvalue weighted by Crippen LogP contribution is -2.00. The Morgan fingerprint density at radius 3 is 1.31 bits per heavy atom. The lowest BCUT2D eigenvalue weighted by atomic mass is 9.92. The number of fused-ring (bicyclic) bond motifs is 6. The normalized spacial score (nSPS) is 11.6. The molecule has 284 valence electrons. The minimum atomic E-state index is 0.626. The van der Waals surface area contributed by atoms with Gasteiger partial charge in [-0.3, -0.25) is 0 Å². The molecule has 0 aliphatic rings. The molecular formula is C57H35N3O. The molecule has 0 atom stereocenters. The molecule has 0 radical (unpaired) electrons. The first-order valence-electron chi connectivity index (χ1n) is 20.6. The molecule has 2 heterocycles. The molecule has 12 aromatic rings. The van der Waals surface area contributed by atoms with Gasteiger partial charge in [-0.05, 0) is 108 Å². The van der Waals surface area contributed by atoms with Gasteiger partial charge >= 0.3 is 0 Å². The lowest BCUT2D eigenvalue weighted by Gasteiger charge is -2.13. The average molecular weight is 778 g/mol. The van der Waals surface area contributed by atoms with Crippen LogP contribution in [0.1, 0.15) is 0 Å². The molecule has 12 rings (SSSR count). The molecule has 0 aliphatic carbocycles. The summed E-state index contributed by atoms with van der Waals surface area (Å²) >= 11 is 0. The zero-order chi connectivity index (χ0) is 40.3. The summed E-state index contributed by atoms with van der Waals surface area (Å²) < 4.78 is 6.29. The summed E-state index contributed by atoms with van der Waals surface area (Å²) in [5, 5.41) is 9.28. The Balaban J connectivity index is 0.915. The van der Waals surface area contributed by atoms with Gasteiger partial charge in [-0.2, -0.15) is 0 Å². The number of aromatic nitrogens is 3. The first kappa shape index (κ1) is 34.8. The van der Waals surface area contributed by atoms with Crippen LogP contribution in [0.2, 0.25) is 0 Å². The maximum Gasteiger partial charge on any atom is 0.164 e. The van der Waals surface area contributed by atoms with E-state index in [0.717, 1.165) is 82.8 Å². The van der Waals surface area contributed by atoms with Crippen LogP contribution in [0, 0.1) is 0 Å². The summed E-state index contributed by atoms with van der Waals surface area (Å²) in [6.07, 6.45) is 0. The van der Waals surface area contributed by atoms with Crippen molar-refractivity contribution in [3.63, 3.8) is 0 Å². The Morgan fingerprint density at radius 2 is 0.689 bits per heavy atom. The summed E-state index contributed by atoms with van der Waals surface area (Å²) in [7, 11) is 0. The second kappa shape index (κ2) is 14.3. The Hall–Kier alpha value is -8.21. The van der Waals surface area contributed by atoms with Gasteiger partial charge in [-0.15, -0.1) is 0 Å². The minimum absolute atomic E-state index is 0.626. The monoisotopic (exact) mass is 777 g/mol. The maximum absolute atomic E-state index is 6.29. The summed E-state index contributed by atoms with van der Waals surface area (Å²) in [5.41, 5.74) is 11.4. The molecule has 0 saturated carbocycles. The fourth-order valence-electron chi connectivity index (χ4n) is 8.72. The van der Waals surface area contributed by atoms with Crippen molar-refractivity contribution in [3.8, 4) is 67.5 Å². The largest absolute Gasteiger partial charge is 0.456 e. The molecule has 4 nitrogen and oxygen atoms in total. The highest BCUT2D eigenvalue weighted by Crippen LogP contribution is 2.38. The Bertz CT molecular complexity index is 3560. The van der Waals surface area contributed by atoms with Crippen LogP contribution in [0.15, 0.2) is 217 Å². The number of benzene rings is 10. The molecule has 0 fully saturated rings. The standard InChI is InChI=1S/C57H35N3O/c1-3-12-40-30-47(26-22-36(40)10-1)56-58-55(59-57(60-56)48-27-23-37-11-2-4-13-41(37)31-48)46-17-9-16-45(32-46)50-19-8-7-18-49(50)39-24-20-38(21-25-39)44-28-29-53-51(34-44)52-33-42-14-5-6-15-43(42)35-54(52)61-53/h1-35H. The van der Waals surface area contributed by atoms with Gasteiger partial charge in [0, 0.05) is 27.5 Å². The molecule has 0 aliphatic heterocycles. The lowest BCUT2D eigenvalue weighted by molar-refractivity contribution is 0.669. The van der Waals surface area contributed by atoms with Gasteiger partial charge in [0.05, 0.1) is 0 Å². The number of furan rings is 1. The molecule has 0 unspecified atom stereocenters. The van der Waals surface area contributed by atoms with Crippen LogP contribution < -0.4 is 0 Å². The number of hydrogen-bond acceptors (Lipinski definition) is 4. The van der Waals surface area contributed by atoms with E-state index in [-0.39, 0.29) is 0 Å². The second-order valence-electron chi connectivity index (χ2n) is 15.6. The van der Waals surface area contributed by atoms with E-state index >= 15 is 0 Å². The quantitative estimate of drug-likeness (QED) is 0.169. The van der Waals surface area contributed by atoms with Crippen molar-refractivity contribution in [2.75, 3.05) is 0 Å². The van der Waals surface area contributed by atoms with Crippen molar-refractivity contribution in [2.45, 2.75) is 0 Å². The number of rotatable bonds is 6. The molecule has 0 N–H and O–H groups in total. The summed E-state index contributed by atoms with van der Waals surface area (Å²) in [6.45, 7) is 0. The summed E-state index contributed by atoms with van der Waals surface area (Å²) in [6, 6.07) is 74.9. The van der Waals surface area contributed by atoms with Gasteiger partial charge in [0.2, 0.25) is 0 Å². The first-order valence-corrected chi connectivity index (χ1v) is 20.6. The minimum Gasteiger partial charge on any atom is -0.456 e. The highest BCUT2D eigenvalue weighted by atomic mass is 16.3. The van der Waals surface area contributed by atoms with Crippen molar-refractivity contribution in [1.82, 2.24) is 15.0 Å². The highest BCUT2D eigenvalue weighted by molar-refractivity contribution is 6.11. The first-order chi connectivity index (χ1) is 30.2. The van der Waals surface area contributed by atoms with Crippen LogP contribution in [-0.2, 0) is 0 Å². The SMILES string of the molecule is c1cc(-c2nc(-c3ccc4ccccc4c3)nc(-c3ccc4ccccc4c3)n2)cc(-c2ccccc2-c2ccc(-c3ccc4oc5cc6ccccc6cc5c4c3)cc2)c1. The van der Waals surface area contributed by atoms with Crippen LogP contribution in [0.4, 0.5) is 0 Å². The van der Waals surface area contributed by atoms with Crippen LogP contribution >= 0.6 is 0 Å². The van der Waals surface area contributed by atoms with E-state index in [0.29, 0.717) is 17.5 Å². The van der Waals surface area contributed by atoms with Gasteiger partial charge in [0.25, 0.3) is 0 Å². The molecule has 0 saturated heterocycles. The molecule has 2 aromatic heterocycles. The zero-order valence-corrected chi connectivity index (χ0v) is 33.0. The smallest absolute Gasteiger partial charge is 0.164 e. The molecule has 0 amide bonds. The van der Waals surface area contributed by atoms with Crippen molar-refractivity contribution >= 4 is 54.3 Å². The topological polar surface area (TPSA) is 51.8 Å². The molecule has 4 heteroatoms. The Labute approximate surface area is 352 Å². The van der Waals surface area contributed by atoms with Crippen molar-refractivity contribution < 1.29 is 4.42 Å². The van der Waals surface area contributed by atoms with E-state index in [1.165, 1.54) is 21.5 Å².